The first kappa shape index (κ1) is 25.2. The van der Waals surface area contributed by atoms with Crippen LogP contribution in [0.5, 0.6) is 11.5 Å². The molecule has 1 N–H and O–H groups in total. The number of nitrogens with one attached hydrogen (secondary N) is 1. The quantitative estimate of drug-likeness (QED) is 0.292. The van der Waals surface area contributed by atoms with E-state index in [-0.39, 0.29) is 29.6 Å². The fourth-order valence-corrected chi connectivity index (χ4v) is 5.21. The lowest BCUT2D eigenvalue weighted by atomic mass is 9.63. The molecule has 0 aromatic heterocycles. The van der Waals surface area contributed by atoms with Crippen molar-refractivity contribution in [2.75, 3.05) is 11.9 Å². The highest BCUT2D eigenvalue weighted by Crippen LogP contribution is 2.44. The molecule has 0 saturated heterocycles. The molecule has 0 heterocycles. The Kier molecular flexibility index (Phi) is 8.32. The molecule has 0 spiro atoms. The molecule has 1 amide bonds. The van der Waals surface area contributed by atoms with E-state index in [1.165, 1.54) is 6.42 Å². The molecule has 2 fully saturated rings. The minimum atomic E-state index is -0.314. The molecule has 0 aliphatic heterocycles. The van der Waals surface area contributed by atoms with Gasteiger partial charge in [0, 0.05) is 17.5 Å². The Hall–Kier alpha value is -3.44. The average Bonchev–Trinajstić information content (AvgIpc) is 2.86. The Morgan fingerprint density at radius 1 is 0.811 bits per heavy atom. The third-order valence-electron chi connectivity index (χ3n) is 7.78. The van der Waals surface area contributed by atoms with Gasteiger partial charge in [0.15, 0.2) is 0 Å². The summed E-state index contributed by atoms with van der Waals surface area (Å²) in [4.78, 5) is 26.3. The Morgan fingerprint density at radius 3 is 2.11 bits per heavy atom. The minimum Gasteiger partial charge on any atom is -0.457 e. The monoisotopic (exact) mass is 497 g/mol. The van der Waals surface area contributed by atoms with Gasteiger partial charge in [-0.1, -0.05) is 55.0 Å². The van der Waals surface area contributed by atoms with E-state index < -0.39 is 0 Å². The van der Waals surface area contributed by atoms with E-state index in [4.69, 9.17) is 9.47 Å². The molecule has 5 nitrogen and oxygen atoms in total. The maximum absolute atomic E-state index is 13.4. The van der Waals surface area contributed by atoms with Gasteiger partial charge in [0.05, 0.1) is 19.1 Å². The molecular weight excluding hydrogens is 462 g/mol. The Morgan fingerprint density at radius 2 is 1.49 bits per heavy atom. The van der Waals surface area contributed by atoms with Gasteiger partial charge in [-0.25, -0.2) is 0 Å². The van der Waals surface area contributed by atoms with Crippen LogP contribution in [0.3, 0.4) is 0 Å². The van der Waals surface area contributed by atoms with Crippen LogP contribution in [0.4, 0.5) is 5.69 Å². The standard InChI is InChI=1S/C32H35NO4/c34-31(24-10-7-11-24)30-19-14-25(30)20-26(22-36-21-23-8-3-1-4-9-23)32(35)33-27-15-17-29(18-16-27)37-28-12-5-2-6-13-28/h1-6,8-9,12-13,15-18,24-26,30H,7,10-11,14,19-22H2,(H,33,35). The second-order valence-electron chi connectivity index (χ2n) is 10.3. The molecule has 3 unspecified atom stereocenters. The van der Waals surface area contributed by atoms with Crippen molar-refractivity contribution in [2.24, 2.45) is 23.7 Å². The second kappa shape index (κ2) is 12.2. The number of ether oxygens (including phenoxy) is 2. The van der Waals surface area contributed by atoms with Gasteiger partial charge in [-0.2, -0.15) is 0 Å². The third-order valence-corrected chi connectivity index (χ3v) is 7.78. The molecule has 2 aliphatic carbocycles. The smallest absolute Gasteiger partial charge is 0.229 e. The Bertz CT molecular complexity index is 1160. The summed E-state index contributed by atoms with van der Waals surface area (Å²) in [5.41, 5.74) is 1.80. The number of carbonyl (C=O) groups excluding carboxylic acids is 2. The van der Waals surface area contributed by atoms with Crippen LogP contribution in [-0.2, 0) is 20.9 Å². The average molecular weight is 498 g/mol. The first-order chi connectivity index (χ1) is 18.2. The topological polar surface area (TPSA) is 64.6 Å². The number of Topliss-reactive ketones (excluding diaryl/α,β-unsaturated/α-hetero) is 1. The molecule has 0 radical (unpaired) electrons. The highest BCUT2D eigenvalue weighted by atomic mass is 16.5. The number of rotatable bonds is 12. The number of benzene rings is 3. The molecule has 2 aliphatic rings. The van der Waals surface area contributed by atoms with E-state index in [1.807, 2.05) is 84.9 Å². The molecule has 3 atom stereocenters. The summed E-state index contributed by atoms with van der Waals surface area (Å²) in [6.45, 7) is 0.794. The van der Waals surface area contributed by atoms with Crippen LogP contribution >= 0.6 is 0 Å². The first-order valence-electron chi connectivity index (χ1n) is 13.4. The van der Waals surface area contributed by atoms with Crippen molar-refractivity contribution in [1.29, 1.82) is 0 Å². The molecular formula is C32H35NO4. The van der Waals surface area contributed by atoms with Crippen LogP contribution < -0.4 is 10.1 Å². The summed E-state index contributed by atoms with van der Waals surface area (Å²) in [5.74, 6) is 2.17. The predicted molar refractivity (Wildman–Crippen MR) is 144 cm³/mol. The summed E-state index contributed by atoms with van der Waals surface area (Å²) in [6, 6.07) is 27.0. The van der Waals surface area contributed by atoms with E-state index in [2.05, 4.69) is 5.32 Å². The van der Waals surface area contributed by atoms with E-state index in [1.54, 1.807) is 0 Å². The number of anilines is 1. The number of hydrogen-bond donors (Lipinski definition) is 1. The molecule has 192 valence electrons. The van der Waals surface area contributed by atoms with E-state index in [0.717, 1.165) is 37.0 Å². The second-order valence-corrected chi connectivity index (χ2v) is 10.3. The molecule has 3 aromatic rings. The van der Waals surface area contributed by atoms with Gasteiger partial charge in [-0.15, -0.1) is 0 Å². The molecule has 2 saturated carbocycles. The zero-order chi connectivity index (χ0) is 25.5. The molecule has 5 rings (SSSR count). The fourth-order valence-electron chi connectivity index (χ4n) is 5.21. The van der Waals surface area contributed by atoms with Gasteiger partial charge in [0.2, 0.25) is 5.91 Å². The van der Waals surface area contributed by atoms with Crippen LogP contribution in [0, 0.1) is 23.7 Å². The SMILES string of the molecule is O=C(Nc1ccc(Oc2ccccc2)cc1)C(COCc1ccccc1)CC1CCC1C(=O)C1CCC1. The van der Waals surface area contributed by atoms with Gasteiger partial charge in [-0.3, -0.25) is 9.59 Å². The highest BCUT2D eigenvalue weighted by Gasteiger charge is 2.42. The maximum atomic E-state index is 13.4. The van der Waals surface area contributed by atoms with Gasteiger partial charge >= 0.3 is 0 Å². The largest absolute Gasteiger partial charge is 0.457 e. The van der Waals surface area contributed by atoms with Crippen LogP contribution in [-0.4, -0.2) is 18.3 Å². The van der Waals surface area contributed by atoms with E-state index in [0.29, 0.717) is 36.9 Å². The highest BCUT2D eigenvalue weighted by molar-refractivity contribution is 5.93. The summed E-state index contributed by atoms with van der Waals surface area (Å²) in [5, 5.41) is 3.07. The van der Waals surface area contributed by atoms with Crippen molar-refractivity contribution >= 4 is 17.4 Å². The Labute approximate surface area is 219 Å². The zero-order valence-corrected chi connectivity index (χ0v) is 21.2. The molecule has 3 aromatic carbocycles. The van der Waals surface area contributed by atoms with Crippen molar-refractivity contribution in [3.8, 4) is 11.5 Å². The summed E-state index contributed by atoms with van der Waals surface area (Å²) >= 11 is 0. The summed E-state index contributed by atoms with van der Waals surface area (Å²) in [6.07, 6.45) is 5.89. The minimum absolute atomic E-state index is 0.0634. The number of ketones is 1. The number of hydrogen-bond acceptors (Lipinski definition) is 4. The van der Waals surface area contributed by atoms with Crippen LogP contribution in [0.15, 0.2) is 84.9 Å². The third kappa shape index (κ3) is 6.66. The van der Waals surface area contributed by atoms with Crippen molar-refractivity contribution in [3.05, 3.63) is 90.5 Å². The number of para-hydroxylation sites is 1. The van der Waals surface area contributed by atoms with Crippen molar-refractivity contribution in [1.82, 2.24) is 0 Å². The maximum Gasteiger partial charge on any atom is 0.229 e. The van der Waals surface area contributed by atoms with Crippen molar-refractivity contribution in [3.63, 3.8) is 0 Å². The molecule has 0 bridgehead atoms. The van der Waals surface area contributed by atoms with Crippen LogP contribution in [0.1, 0.15) is 44.1 Å². The van der Waals surface area contributed by atoms with Gasteiger partial charge in [0.1, 0.15) is 17.3 Å². The zero-order valence-electron chi connectivity index (χ0n) is 21.2. The Balaban J connectivity index is 1.20. The summed E-state index contributed by atoms with van der Waals surface area (Å²) in [7, 11) is 0. The van der Waals surface area contributed by atoms with Gasteiger partial charge < -0.3 is 14.8 Å². The lowest BCUT2D eigenvalue weighted by Gasteiger charge is -2.40. The predicted octanol–water partition coefficient (Wildman–Crippen LogP) is 7.04. The lowest BCUT2D eigenvalue weighted by Crippen LogP contribution is -2.41. The fraction of sp³-hybridized carbons (Fsp3) is 0.375. The van der Waals surface area contributed by atoms with Crippen LogP contribution in [0.25, 0.3) is 0 Å². The summed E-state index contributed by atoms with van der Waals surface area (Å²) < 4.78 is 11.9. The number of amides is 1. The molecule has 5 heteroatoms. The van der Waals surface area contributed by atoms with Crippen molar-refractivity contribution < 1.29 is 19.1 Å². The van der Waals surface area contributed by atoms with Gasteiger partial charge in [0.25, 0.3) is 0 Å². The lowest BCUT2D eigenvalue weighted by molar-refractivity contribution is -0.136. The number of carbonyl (C=O) groups is 2. The first-order valence-corrected chi connectivity index (χ1v) is 13.4. The van der Waals surface area contributed by atoms with Crippen LogP contribution in [0.2, 0.25) is 0 Å². The normalized spacial score (nSPS) is 19.8. The van der Waals surface area contributed by atoms with E-state index in [9.17, 15) is 9.59 Å². The van der Waals surface area contributed by atoms with Gasteiger partial charge in [-0.05, 0) is 80.0 Å². The van der Waals surface area contributed by atoms with Crippen molar-refractivity contribution in [2.45, 2.75) is 45.1 Å². The van der Waals surface area contributed by atoms with E-state index >= 15 is 0 Å². The molecule has 37 heavy (non-hydrogen) atoms.